The van der Waals surface area contributed by atoms with Crippen LogP contribution in [0.4, 0.5) is 0 Å². The molecule has 114 valence electrons. The largest absolute Gasteiger partial charge is 0.303 e. The minimum absolute atomic E-state index is 0.0745. The summed E-state index contributed by atoms with van der Waals surface area (Å²) in [7, 11) is 1.84. The maximum atomic E-state index is 12.6. The monoisotopic (exact) mass is 308 g/mol. The zero-order chi connectivity index (χ0) is 15.6. The molecule has 1 heterocycles. The fourth-order valence-corrected chi connectivity index (χ4v) is 4.93. The van der Waals surface area contributed by atoms with Gasteiger partial charge in [-0.2, -0.15) is 5.10 Å². The van der Waals surface area contributed by atoms with Gasteiger partial charge in [-0.1, -0.05) is 32.4 Å². The number of Topliss-reactive ketones (excluding diaryl/α,β-unsaturated/α-hetero) is 1. The summed E-state index contributed by atoms with van der Waals surface area (Å²) in [5.41, 5.74) is 1.31. The fourth-order valence-electron chi connectivity index (χ4n) is 4.71. The van der Waals surface area contributed by atoms with Gasteiger partial charge in [-0.3, -0.25) is 9.48 Å². The van der Waals surface area contributed by atoms with Crippen molar-refractivity contribution < 1.29 is 9.59 Å². The number of halogens is 1. The number of aryl methyl sites for hydroxylation is 1. The van der Waals surface area contributed by atoms with Gasteiger partial charge in [0.15, 0.2) is 0 Å². The Morgan fingerprint density at radius 2 is 2.05 bits per heavy atom. The Morgan fingerprint density at radius 1 is 1.38 bits per heavy atom. The predicted octanol–water partition coefficient (Wildman–Crippen LogP) is 2.71. The summed E-state index contributed by atoms with van der Waals surface area (Å²) in [5, 5.41) is 5.31. The molecule has 0 radical (unpaired) electrons. The Labute approximate surface area is 129 Å². The van der Waals surface area contributed by atoms with Gasteiger partial charge < -0.3 is 4.79 Å². The van der Waals surface area contributed by atoms with Crippen LogP contribution in [0.25, 0.3) is 0 Å². The van der Waals surface area contributed by atoms with Gasteiger partial charge in [-0.15, -0.1) is 0 Å². The highest BCUT2D eigenvalue weighted by molar-refractivity contribution is 6.30. The standard InChI is InChI=1S/C16H21ClN2O2/c1-15(2)11-6-5-10-12(18-19(4)14(10)17)16(11,3)7-9(8-20)13(15)21/h8-9,11H,5-7H2,1-4H3/t9?,11-,16-/m0/s1. The number of fused-ring (bicyclic) bond motifs is 3. The minimum atomic E-state index is -0.534. The molecule has 0 N–H and O–H groups in total. The molecule has 1 fully saturated rings. The maximum Gasteiger partial charge on any atom is 0.148 e. The van der Waals surface area contributed by atoms with Crippen LogP contribution in [-0.2, 0) is 28.5 Å². The van der Waals surface area contributed by atoms with Crippen molar-refractivity contribution in [3.05, 3.63) is 16.4 Å². The number of nitrogens with zero attached hydrogens (tertiary/aromatic N) is 2. The second-order valence-electron chi connectivity index (χ2n) is 7.28. The molecule has 2 aliphatic carbocycles. The lowest BCUT2D eigenvalue weighted by molar-refractivity contribution is -0.145. The Bertz CT molecular complexity index is 634. The zero-order valence-electron chi connectivity index (χ0n) is 12.9. The van der Waals surface area contributed by atoms with Gasteiger partial charge in [0.1, 0.15) is 17.2 Å². The Balaban J connectivity index is 2.19. The Morgan fingerprint density at radius 3 is 2.67 bits per heavy atom. The molecule has 2 aliphatic rings. The van der Waals surface area contributed by atoms with Crippen molar-refractivity contribution in [1.29, 1.82) is 0 Å². The van der Waals surface area contributed by atoms with Crippen LogP contribution >= 0.6 is 11.6 Å². The number of hydrogen-bond acceptors (Lipinski definition) is 3. The van der Waals surface area contributed by atoms with Gasteiger partial charge in [-0.25, -0.2) is 0 Å². The summed E-state index contributed by atoms with van der Waals surface area (Å²) >= 11 is 6.35. The Hall–Kier alpha value is -1.16. The van der Waals surface area contributed by atoms with E-state index in [9.17, 15) is 9.59 Å². The smallest absolute Gasteiger partial charge is 0.148 e. The van der Waals surface area contributed by atoms with Crippen LogP contribution in [0.15, 0.2) is 0 Å². The molecule has 1 aromatic rings. The van der Waals surface area contributed by atoms with E-state index in [0.717, 1.165) is 30.4 Å². The third kappa shape index (κ3) is 1.78. The van der Waals surface area contributed by atoms with Crippen molar-refractivity contribution in [3.8, 4) is 0 Å². The molecular weight excluding hydrogens is 288 g/mol. The van der Waals surface area contributed by atoms with Crippen molar-refractivity contribution in [2.24, 2.45) is 24.3 Å². The molecule has 0 spiro atoms. The third-order valence-corrected chi connectivity index (χ3v) is 6.19. The van der Waals surface area contributed by atoms with E-state index in [-0.39, 0.29) is 17.1 Å². The number of aromatic nitrogens is 2. The second kappa shape index (κ2) is 4.42. The molecule has 0 saturated heterocycles. The van der Waals surface area contributed by atoms with Crippen LogP contribution in [-0.4, -0.2) is 21.8 Å². The summed E-state index contributed by atoms with van der Waals surface area (Å²) in [5.74, 6) is -0.259. The second-order valence-corrected chi connectivity index (χ2v) is 7.64. The van der Waals surface area contributed by atoms with E-state index < -0.39 is 11.3 Å². The van der Waals surface area contributed by atoms with E-state index in [0.29, 0.717) is 11.6 Å². The number of hydrogen-bond donors (Lipinski definition) is 0. The van der Waals surface area contributed by atoms with Crippen LogP contribution in [0, 0.1) is 17.3 Å². The molecule has 21 heavy (non-hydrogen) atoms. The normalized spacial score (nSPS) is 34.2. The summed E-state index contributed by atoms with van der Waals surface area (Å²) in [6.07, 6.45) is 3.12. The molecule has 0 amide bonds. The van der Waals surface area contributed by atoms with Gasteiger partial charge in [-0.05, 0) is 25.2 Å². The highest BCUT2D eigenvalue weighted by atomic mass is 35.5. The van der Waals surface area contributed by atoms with E-state index in [1.165, 1.54) is 0 Å². The van der Waals surface area contributed by atoms with Crippen LogP contribution in [0.1, 0.15) is 44.9 Å². The first-order valence-electron chi connectivity index (χ1n) is 7.45. The van der Waals surface area contributed by atoms with E-state index in [1.54, 1.807) is 4.68 Å². The first-order valence-corrected chi connectivity index (χ1v) is 7.82. The van der Waals surface area contributed by atoms with E-state index in [4.69, 9.17) is 11.6 Å². The van der Waals surface area contributed by atoms with E-state index >= 15 is 0 Å². The molecule has 0 bridgehead atoms. The van der Waals surface area contributed by atoms with Crippen molar-refractivity contribution in [1.82, 2.24) is 9.78 Å². The van der Waals surface area contributed by atoms with E-state index in [2.05, 4.69) is 12.0 Å². The van der Waals surface area contributed by atoms with Crippen molar-refractivity contribution in [3.63, 3.8) is 0 Å². The zero-order valence-corrected chi connectivity index (χ0v) is 13.7. The number of carbonyl (C=O) groups is 2. The first-order chi connectivity index (χ1) is 9.73. The fraction of sp³-hybridized carbons (Fsp3) is 0.688. The molecule has 0 aromatic carbocycles. The average Bonchev–Trinajstić information content (AvgIpc) is 2.72. The average molecular weight is 309 g/mol. The van der Waals surface area contributed by atoms with Crippen LogP contribution in [0.3, 0.4) is 0 Å². The molecule has 0 aliphatic heterocycles. The topological polar surface area (TPSA) is 52.0 Å². The van der Waals surface area contributed by atoms with Gasteiger partial charge in [0.25, 0.3) is 0 Å². The molecule has 3 atom stereocenters. The number of aldehydes is 1. The summed E-state index contributed by atoms with van der Waals surface area (Å²) in [6.45, 7) is 6.09. The summed E-state index contributed by atoms with van der Waals surface area (Å²) in [6, 6.07) is 0. The molecule has 5 heteroatoms. The van der Waals surface area contributed by atoms with Crippen LogP contribution in [0.2, 0.25) is 5.15 Å². The minimum Gasteiger partial charge on any atom is -0.303 e. The summed E-state index contributed by atoms with van der Waals surface area (Å²) < 4.78 is 1.71. The van der Waals surface area contributed by atoms with Gasteiger partial charge in [0, 0.05) is 23.4 Å². The van der Waals surface area contributed by atoms with Gasteiger partial charge >= 0.3 is 0 Å². The predicted molar refractivity (Wildman–Crippen MR) is 80.3 cm³/mol. The quantitative estimate of drug-likeness (QED) is 0.592. The van der Waals surface area contributed by atoms with E-state index in [1.807, 2.05) is 20.9 Å². The highest BCUT2D eigenvalue weighted by Gasteiger charge is 2.58. The Kier molecular flexibility index (Phi) is 3.11. The molecule has 1 saturated carbocycles. The van der Waals surface area contributed by atoms with Gasteiger partial charge in [0.2, 0.25) is 0 Å². The molecule has 1 unspecified atom stereocenters. The van der Waals surface area contributed by atoms with Gasteiger partial charge in [0.05, 0.1) is 11.6 Å². The lowest BCUT2D eigenvalue weighted by Crippen LogP contribution is -2.56. The molecular formula is C16H21ClN2O2. The van der Waals surface area contributed by atoms with Crippen LogP contribution in [0.5, 0.6) is 0 Å². The lowest BCUT2D eigenvalue weighted by atomic mass is 9.49. The molecule has 4 nitrogen and oxygen atoms in total. The molecule has 1 aromatic heterocycles. The van der Waals surface area contributed by atoms with Crippen LogP contribution < -0.4 is 0 Å². The number of ketones is 1. The lowest BCUT2D eigenvalue weighted by Gasteiger charge is -2.53. The van der Waals surface area contributed by atoms with Crippen molar-refractivity contribution in [2.75, 3.05) is 0 Å². The van der Waals surface area contributed by atoms with Crippen molar-refractivity contribution >= 4 is 23.7 Å². The molecule has 3 rings (SSSR count). The first kappa shape index (κ1) is 14.8. The number of rotatable bonds is 1. The third-order valence-electron chi connectivity index (χ3n) is 5.71. The SMILES string of the molecule is Cn1nc2c(c1Cl)CC[C@H]1C(C)(C)C(=O)C(C=O)C[C@]21C. The summed E-state index contributed by atoms with van der Waals surface area (Å²) in [4.78, 5) is 24.0. The maximum absolute atomic E-state index is 12.6. The number of carbonyl (C=O) groups excluding carboxylic acids is 2. The van der Waals surface area contributed by atoms with Crippen molar-refractivity contribution in [2.45, 2.75) is 45.4 Å². The highest BCUT2D eigenvalue weighted by Crippen LogP contribution is 2.57.